The summed E-state index contributed by atoms with van der Waals surface area (Å²) < 4.78 is 1.82. The number of aliphatic hydroxyl groups is 1. The van der Waals surface area contributed by atoms with Crippen molar-refractivity contribution in [3.63, 3.8) is 0 Å². The van der Waals surface area contributed by atoms with Crippen molar-refractivity contribution in [1.82, 2.24) is 24.6 Å². The number of nitrogens with zero attached hydrogens (tertiary/aromatic N) is 4. The van der Waals surface area contributed by atoms with E-state index in [1.165, 1.54) is 12.3 Å². The van der Waals surface area contributed by atoms with Crippen LogP contribution in [0.4, 0.5) is 0 Å². The van der Waals surface area contributed by atoms with Gasteiger partial charge in [0.25, 0.3) is 11.5 Å². The van der Waals surface area contributed by atoms with Gasteiger partial charge in [-0.3, -0.25) is 14.3 Å². The summed E-state index contributed by atoms with van der Waals surface area (Å²) in [6, 6.07) is 3.20. The molecule has 1 aliphatic heterocycles. The molecule has 2 N–H and O–H groups in total. The minimum atomic E-state index is -0.671. The van der Waals surface area contributed by atoms with Crippen LogP contribution in [-0.2, 0) is 13.1 Å². The van der Waals surface area contributed by atoms with Gasteiger partial charge >= 0.3 is 0 Å². The predicted molar refractivity (Wildman–Crippen MR) is 92.6 cm³/mol. The van der Waals surface area contributed by atoms with E-state index in [1.807, 2.05) is 29.7 Å². The van der Waals surface area contributed by atoms with Gasteiger partial charge in [0.1, 0.15) is 11.1 Å². The average Bonchev–Trinajstić information content (AvgIpc) is 2.99. The van der Waals surface area contributed by atoms with Crippen LogP contribution in [0.5, 0.6) is 0 Å². The van der Waals surface area contributed by atoms with Gasteiger partial charge in [0, 0.05) is 19.3 Å². The number of hydrogen-bond donors (Lipinski definition) is 2. The molecule has 1 atom stereocenters. The highest BCUT2D eigenvalue weighted by atomic mass is 35.5. The SMILES string of the molecule is CN(C)C[C@@H](O)c1cc2n(n1)CCN(C(=O)c1c[nH]c(=O)c(Cl)c1)C2. The fourth-order valence-corrected chi connectivity index (χ4v) is 3.00. The number of fused-ring (bicyclic) bond motifs is 1. The van der Waals surface area contributed by atoms with Gasteiger partial charge in [0.2, 0.25) is 0 Å². The first-order valence-electron chi connectivity index (χ1n) is 7.92. The maximum atomic E-state index is 12.6. The molecule has 0 aromatic carbocycles. The van der Waals surface area contributed by atoms with Gasteiger partial charge in [-0.2, -0.15) is 5.10 Å². The van der Waals surface area contributed by atoms with Crippen LogP contribution < -0.4 is 5.56 Å². The summed E-state index contributed by atoms with van der Waals surface area (Å²) in [6.45, 7) is 1.91. The van der Waals surface area contributed by atoms with Gasteiger partial charge < -0.3 is 19.9 Å². The zero-order valence-corrected chi connectivity index (χ0v) is 14.8. The van der Waals surface area contributed by atoms with E-state index < -0.39 is 11.7 Å². The Morgan fingerprint density at radius 3 is 2.88 bits per heavy atom. The molecule has 25 heavy (non-hydrogen) atoms. The van der Waals surface area contributed by atoms with Crippen molar-refractivity contribution in [1.29, 1.82) is 0 Å². The number of hydrogen-bond acceptors (Lipinski definition) is 5. The van der Waals surface area contributed by atoms with Gasteiger partial charge in [-0.15, -0.1) is 0 Å². The first-order chi connectivity index (χ1) is 11.8. The van der Waals surface area contributed by atoms with Crippen LogP contribution in [-0.4, -0.2) is 62.8 Å². The van der Waals surface area contributed by atoms with Crippen LogP contribution in [0.1, 0.15) is 27.8 Å². The zero-order valence-electron chi connectivity index (χ0n) is 14.1. The first kappa shape index (κ1) is 17.7. The second-order valence-electron chi connectivity index (χ2n) is 6.35. The Morgan fingerprint density at radius 1 is 1.44 bits per heavy atom. The number of H-pyrrole nitrogens is 1. The van der Waals surface area contributed by atoms with Crippen molar-refractivity contribution < 1.29 is 9.90 Å². The standard InChI is InChI=1S/C16H20ClN5O3/c1-20(2)9-14(23)13-6-11-8-21(3-4-22(11)19-13)16(25)10-5-12(17)15(24)18-7-10/h5-7,14,23H,3-4,8-9H2,1-2H3,(H,18,24)/t14-/m1/s1. The maximum absolute atomic E-state index is 12.6. The lowest BCUT2D eigenvalue weighted by Crippen LogP contribution is -2.38. The van der Waals surface area contributed by atoms with Crippen LogP contribution in [0.3, 0.4) is 0 Å². The molecule has 1 aliphatic rings. The van der Waals surface area contributed by atoms with E-state index in [4.69, 9.17) is 11.6 Å². The number of amides is 1. The molecule has 0 saturated heterocycles. The van der Waals surface area contributed by atoms with E-state index in [9.17, 15) is 14.7 Å². The molecule has 0 saturated carbocycles. The van der Waals surface area contributed by atoms with E-state index >= 15 is 0 Å². The Labute approximate surface area is 149 Å². The molecule has 0 spiro atoms. The molecule has 8 nitrogen and oxygen atoms in total. The van der Waals surface area contributed by atoms with Crippen LogP contribution in [0.25, 0.3) is 0 Å². The average molecular weight is 366 g/mol. The monoisotopic (exact) mass is 365 g/mol. The van der Waals surface area contributed by atoms with Gasteiger partial charge in [-0.1, -0.05) is 11.6 Å². The van der Waals surface area contributed by atoms with Crippen LogP contribution >= 0.6 is 11.6 Å². The van der Waals surface area contributed by atoms with Crippen LogP contribution in [0.15, 0.2) is 23.1 Å². The number of aliphatic hydroxyl groups excluding tert-OH is 1. The molecule has 9 heteroatoms. The zero-order chi connectivity index (χ0) is 18.1. The Hall–Kier alpha value is -2.16. The Bertz CT molecular complexity index is 845. The number of carbonyl (C=O) groups excluding carboxylic acids is 1. The fraction of sp³-hybridized carbons (Fsp3) is 0.438. The summed E-state index contributed by atoms with van der Waals surface area (Å²) in [4.78, 5) is 30.0. The third-order valence-electron chi connectivity index (χ3n) is 4.09. The normalized spacial score (nSPS) is 15.3. The molecular weight excluding hydrogens is 346 g/mol. The van der Waals surface area contributed by atoms with Gasteiger partial charge in [-0.05, 0) is 26.2 Å². The number of halogens is 1. The number of aromatic amines is 1. The summed E-state index contributed by atoms with van der Waals surface area (Å²) in [5, 5.41) is 14.6. The van der Waals surface area contributed by atoms with Gasteiger partial charge in [0.15, 0.2) is 0 Å². The first-order valence-corrected chi connectivity index (χ1v) is 8.30. The second-order valence-corrected chi connectivity index (χ2v) is 6.76. The van der Waals surface area contributed by atoms with Crippen molar-refractivity contribution in [2.24, 2.45) is 0 Å². The Kier molecular flexibility index (Phi) is 4.94. The summed E-state index contributed by atoms with van der Waals surface area (Å²) in [6.07, 6.45) is 0.699. The van der Waals surface area contributed by atoms with E-state index in [2.05, 4.69) is 10.1 Å². The topological polar surface area (TPSA) is 94.5 Å². The number of carbonyl (C=O) groups is 1. The quantitative estimate of drug-likeness (QED) is 0.821. The largest absolute Gasteiger partial charge is 0.385 e. The van der Waals surface area contributed by atoms with Gasteiger partial charge in [0.05, 0.1) is 30.0 Å². The Morgan fingerprint density at radius 2 is 2.20 bits per heavy atom. The molecule has 0 radical (unpaired) electrons. The third-order valence-corrected chi connectivity index (χ3v) is 4.37. The molecule has 0 unspecified atom stereocenters. The predicted octanol–water partition coefficient (Wildman–Crippen LogP) is 0.476. The molecule has 2 aromatic heterocycles. The highest BCUT2D eigenvalue weighted by molar-refractivity contribution is 6.30. The minimum Gasteiger partial charge on any atom is -0.385 e. The number of likely N-dealkylation sites (N-methyl/N-ethyl adjacent to an activating group) is 1. The van der Waals surface area contributed by atoms with E-state index in [1.54, 1.807) is 4.90 Å². The van der Waals surface area contributed by atoms with Crippen molar-refractivity contribution >= 4 is 17.5 Å². The summed E-state index contributed by atoms with van der Waals surface area (Å²) in [5.41, 5.74) is 1.38. The molecule has 0 fully saturated rings. The summed E-state index contributed by atoms with van der Waals surface area (Å²) in [7, 11) is 3.77. The van der Waals surface area contributed by atoms with Crippen molar-refractivity contribution in [3.8, 4) is 0 Å². The molecular formula is C16H20ClN5O3. The van der Waals surface area contributed by atoms with Crippen LogP contribution in [0.2, 0.25) is 5.02 Å². The number of pyridine rings is 1. The number of nitrogens with one attached hydrogen (secondary N) is 1. The Balaban J connectivity index is 1.76. The maximum Gasteiger partial charge on any atom is 0.266 e. The molecule has 0 bridgehead atoms. The van der Waals surface area contributed by atoms with Crippen LogP contribution in [0, 0.1) is 0 Å². The lowest BCUT2D eigenvalue weighted by molar-refractivity contribution is 0.0705. The van der Waals surface area contributed by atoms with Crippen molar-refractivity contribution in [3.05, 3.63) is 50.7 Å². The fourth-order valence-electron chi connectivity index (χ4n) is 2.83. The summed E-state index contributed by atoms with van der Waals surface area (Å²) >= 11 is 5.80. The van der Waals surface area contributed by atoms with E-state index in [0.717, 1.165) is 5.69 Å². The van der Waals surface area contributed by atoms with Crippen molar-refractivity contribution in [2.45, 2.75) is 19.2 Å². The van der Waals surface area contributed by atoms with Gasteiger partial charge in [-0.25, -0.2) is 0 Å². The van der Waals surface area contributed by atoms with E-state index in [-0.39, 0.29) is 10.9 Å². The molecule has 0 aliphatic carbocycles. The number of aromatic nitrogens is 3. The lowest BCUT2D eigenvalue weighted by Gasteiger charge is -2.27. The molecule has 134 valence electrons. The lowest BCUT2D eigenvalue weighted by atomic mass is 10.2. The highest BCUT2D eigenvalue weighted by Gasteiger charge is 2.25. The third kappa shape index (κ3) is 3.76. The second kappa shape index (κ2) is 6.99. The minimum absolute atomic E-state index is 0.0120. The molecule has 3 heterocycles. The molecule has 1 amide bonds. The highest BCUT2D eigenvalue weighted by Crippen LogP contribution is 2.20. The van der Waals surface area contributed by atoms with Crippen molar-refractivity contribution in [2.75, 3.05) is 27.2 Å². The molecule has 2 aromatic rings. The molecule has 3 rings (SSSR count). The smallest absolute Gasteiger partial charge is 0.266 e. The number of rotatable bonds is 4. The van der Waals surface area contributed by atoms with E-state index in [0.29, 0.717) is 37.4 Å². The summed E-state index contributed by atoms with van der Waals surface area (Å²) in [5.74, 6) is -0.207.